The predicted molar refractivity (Wildman–Crippen MR) is 114 cm³/mol. The molecule has 3 rings (SSSR count). The van der Waals surface area contributed by atoms with Crippen LogP contribution in [0.5, 0.6) is 5.75 Å². The first-order valence-electron chi connectivity index (χ1n) is 9.15. The lowest BCUT2D eigenvalue weighted by molar-refractivity contribution is 0.0593. The molecule has 1 amide bonds. The molecule has 1 aromatic carbocycles. The molecule has 0 saturated carbocycles. The normalized spacial score (nSPS) is 10.8. The standard InChI is InChI=1S/C21H21N3O5S/c1-10(2)17-16(20(28)29-4)23-21(30-17)24-19(27)15-9-14(11(3)22-18(15)26)12-5-7-13(25)8-6-12/h5-10,25H,1-4H3,(H,22,26)(H,23,24,27). The average Bonchev–Trinajstić information content (AvgIpc) is 3.12. The molecule has 0 spiro atoms. The molecule has 0 aliphatic rings. The summed E-state index contributed by atoms with van der Waals surface area (Å²) in [5.41, 5.74) is 1.49. The Kier molecular flexibility index (Phi) is 6.02. The molecule has 0 saturated heterocycles. The number of aromatic amines is 1. The van der Waals surface area contributed by atoms with E-state index in [4.69, 9.17) is 4.74 Å². The second-order valence-corrected chi connectivity index (χ2v) is 7.96. The molecule has 8 nitrogen and oxygen atoms in total. The van der Waals surface area contributed by atoms with Crippen molar-refractivity contribution in [2.75, 3.05) is 12.4 Å². The Labute approximate surface area is 176 Å². The van der Waals surface area contributed by atoms with E-state index < -0.39 is 17.4 Å². The van der Waals surface area contributed by atoms with Crippen LogP contribution in [0.4, 0.5) is 5.13 Å². The number of benzene rings is 1. The van der Waals surface area contributed by atoms with Gasteiger partial charge in [-0.15, -0.1) is 11.3 Å². The predicted octanol–water partition coefficient (Wildman–Crippen LogP) is 3.67. The topological polar surface area (TPSA) is 121 Å². The van der Waals surface area contributed by atoms with Crippen LogP contribution in [-0.4, -0.2) is 34.1 Å². The lowest BCUT2D eigenvalue weighted by Crippen LogP contribution is -2.24. The third kappa shape index (κ3) is 4.25. The molecule has 2 aromatic heterocycles. The SMILES string of the molecule is COC(=O)c1nc(NC(=O)c2cc(-c3ccc(O)cc3)c(C)[nH]c2=O)sc1C(C)C. The lowest BCUT2D eigenvalue weighted by atomic mass is 10.0. The maximum absolute atomic E-state index is 12.8. The van der Waals surface area contributed by atoms with Gasteiger partial charge in [-0.3, -0.25) is 14.9 Å². The zero-order valence-electron chi connectivity index (χ0n) is 16.9. The van der Waals surface area contributed by atoms with Crippen molar-refractivity contribution >= 4 is 28.3 Å². The van der Waals surface area contributed by atoms with Gasteiger partial charge in [0.15, 0.2) is 10.8 Å². The Bertz CT molecular complexity index is 1160. The van der Waals surface area contributed by atoms with Gasteiger partial charge in [-0.2, -0.15) is 0 Å². The fourth-order valence-electron chi connectivity index (χ4n) is 2.92. The first-order chi connectivity index (χ1) is 14.2. The second-order valence-electron chi connectivity index (χ2n) is 6.93. The number of nitrogens with zero attached hydrogens (tertiary/aromatic N) is 1. The van der Waals surface area contributed by atoms with Crippen molar-refractivity contribution in [2.45, 2.75) is 26.7 Å². The number of ether oxygens (including phenoxy) is 1. The summed E-state index contributed by atoms with van der Waals surface area (Å²) in [6.07, 6.45) is 0. The molecule has 9 heteroatoms. The number of amides is 1. The number of esters is 1. The minimum atomic E-state index is -0.642. The van der Waals surface area contributed by atoms with Crippen molar-refractivity contribution in [3.05, 3.63) is 62.5 Å². The Balaban J connectivity index is 1.96. The number of phenolic OH excluding ortho intramolecular Hbond substituents is 1. The Morgan fingerprint density at radius 2 is 1.90 bits per heavy atom. The number of aryl methyl sites for hydroxylation is 1. The summed E-state index contributed by atoms with van der Waals surface area (Å²) in [5.74, 6) is -1.11. The fourth-order valence-corrected chi connectivity index (χ4v) is 3.87. The summed E-state index contributed by atoms with van der Waals surface area (Å²) in [6, 6.07) is 7.92. The first-order valence-corrected chi connectivity index (χ1v) is 9.96. The molecule has 2 heterocycles. The molecule has 3 aromatic rings. The van der Waals surface area contributed by atoms with E-state index in [9.17, 15) is 19.5 Å². The number of phenols is 1. The number of carbonyl (C=O) groups is 2. The number of pyridine rings is 1. The number of methoxy groups -OCH3 is 1. The fraction of sp³-hybridized carbons (Fsp3) is 0.238. The van der Waals surface area contributed by atoms with Gasteiger partial charge in [-0.1, -0.05) is 26.0 Å². The van der Waals surface area contributed by atoms with Crippen molar-refractivity contribution in [3.8, 4) is 16.9 Å². The van der Waals surface area contributed by atoms with E-state index in [2.05, 4.69) is 15.3 Å². The molecule has 0 atom stereocenters. The number of hydrogen-bond acceptors (Lipinski definition) is 7. The van der Waals surface area contributed by atoms with Crippen molar-refractivity contribution in [1.82, 2.24) is 9.97 Å². The van der Waals surface area contributed by atoms with Crippen molar-refractivity contribution in [1.29, 1.82) is 0 Å². The van der Waals surface area contributed by atoms with Crippen molar-refractivity contribution in [3.63, 3.8) is 0 Å². The summed E-state index contributed by atoms with van der Waals surface area (Å²) in [7, 11) is 1.26. The third-order valence-corrected chi connectivity index (χ3v) is 5.71. The quantitative estimate of drug-likeness (QED) is 0.534. The van der Waals surface area contributed by atoms with Crippen molar-refractivity contribution in [2.24, 2.45) is 0 Å². The molecule has 0 aliphatic carbocycles. The van der Waals surface area contributed by atoms with Crippen LogP contribution in [0.25, 0.3) is 11.1 Å². The largest absolute Gasteiger partial charge is 0.508 e. The van der Waals surface area contributed by atoms with Gasteiger partial charge >= 0.3 is 5.97 Å². The Hall–Kier alpha value is -3.46. The van der Waals surface area contributed by atoms with Crippen LogP contribution >= 0.6 is 11.3 Å². The molecule has 0 unspecified atom stereocenters. The smallest absolute Gasteiger partial charge is 0.357 e. The summed E-state index contributed by atoms with van der Waals surface area (Å²) >= 11 is 1.16. The molecule has 156 valence electrons. The van der Waals surface area contributed by atoms with Crippen LogP contribution in [0.1, 0.15) is 51.2 Å². The number of rotatable bonds is 5. The van der Waals surface area contributed by atoms with Gasteiger partial charge in [-0.05, 0) is 36.6 Å². The second kappa shape index (κ2) is 8.50. The van der Waals surface area contributed by atoms with E-state index >= 15 is 0 Å². The van der Waals surface area contributed by atoms with Crippen LogP contribution in [0, 0.1) is 6.92 Å². The number of H-pyrrole nitrogens is 1. The Morgan fingerprint density at radius 3 is 2.50 bits per heavy atom. The van der Waals surface area contributed by atoms with Gasteiger partial charge in [0.05, 0.1) is 7.11 Å². The monoisotopic (exact) mass is 427 g/mol. The molecule has 0 bridgehead atoms. The minimum Gasteiger partial charge on any atom is -0.508 e. The van der Waals surface area contributed by atoms with Crippen LogP contribution < -0.4 is 10.9 Å². The molecule has 3 N–H and O–H groups in total. The number of thiazole rings is 1. The number of aromatic hydroxyl groups is 1. The Morgan fingerprint density at radius 1 is 1.23 bits per heavy atom. The van der Waals surface area contributed by atoms with Gasteiger partial charge in [0.25, 0.3) is 11.5 Å². The van der Waals surface area contributed by atoms with Gasteiger partial charge in [-0.25, -0.2) is 9.78 Å². The van der Waals surface area contributed by atoms with E-state index in [1.807, 2.05) is 13.8 Å². The minimum absolute atomic E-state index is 0.00567. The molecule has 0 radical (unpaired) electrons. The summed E-state index contributed by atoms with van der Waals surface area (Å²) in [5, 5.41) is 12.3. The van der Waals surface area contributed by atoms with E-state index in [1.54, 1.807) is 19.1 Å². The highest BCUT2D eigenvalue weighted by Gasteiger charge is 2.23. The van der Waals surface area contributed by atoms with E-state index in [0.717, 1.165) is 16.9 Å². The number of aromatic nitrogens is 2. The number of anilines is 1. The highest BCUT2D eigenvalue weighted by atomic mass is 32.1. The highest BCUT2D eigenvalue weighted by Crippen LogP contribution is 2.31. The molecular formula is C21H21N3O5S. The van der Waals surface area contributed by atoms with E-state index in [0.29, 0.717) is 16.1 Å². The van der Waals surface area contributed by atoms with E-state index in [1.165, 1.54) is 25.3 Å². The summed E-state index contributed by atoms with van der Waals surface area (Å²) in [4.78, 5) is 44.7. The number of hydrogen-bond donors (Lipinski definition) is 3. The zero-order chi connectivity index (χ0) is 22.0. The zero-order valence-corrected chi connectivity index (χ0v) is 17.7. The van der Waals surface area contributed by atoms with Gasteiger partial charge in [0.1, 0.15) is 11.3 Å². The van der Waals surface area contributed by atoms with Gasteiger partial charge in [0.2, 0.25) is 0 Å². The highest BCUT2D eigenvalue weighted by molar-refractivity contribution is 7.16. The van der Waals surface area contributed by atoms with Crippen LogP contribution in [0.3, 0.4) is 0 Å². The summed E-state index contributed by atoms with van der Waals surface area (Å²) in [6.45, 7) is 5.53. The molecule has 0 fully saturated rings. The summed E-state index contributed by atoms with van der Waals surface area (Å²) < 4.78 is 4.76. The maximum Gasteiger partial charge on any atom is 0.357 e. The van der Waals surface area contributed by atoms with Gasteiger partial charge in [0, 0.05) is 16.1 Å². The first kappa shape index (κ1) is 21.3. The van der Waals surface area contributed by atoms with Crippen LogP contribution in [0.2, 0.25) is 0 Å². The number of nitrogens with one attached hydrogen (secondary N) is 2. The van der Waals surface area contributed by atoms with Crippen LogP contribution in [0.15, 0.2) is 35.1 Å². The van der Waals surface area contributed by atoms with Crippen molar-refractivity contribution < 1.29 is 19.4 Å². The van der Waals surface area contributed by atoms with Gasteiger partial charge < -0.3 is 14.8 Å². The van der Waals surface area contributed by atoms with Crippen LogP contribution in [-0.2, 0) is 4.74 Å². The lowest BCUT2D eigenvalue weighted by Gasteiger charge is -2.09. The van der Waals surface area contributed by atoms with E-state index in [-0.39, 0.29) is 28.1 Å². The maximum atomic E-state index is 12.8. The molecule has 0 aliphatic heterocycles. The molecular weight excluding hydrogens is 406 g/mol. The molecule has 30 heavy (non-hydrogen) atoms. The average molecular weight is 427 g/mol. The third-order valence-electron chi connectivity index (χ3n) is 4.44. The number of carbonyl (C=O) groups excluding carboxylic acids is 2.